The average molecular weight is 214 g/mol. The van der Waals surface area contributed by atoms with Gasteiger partial charge in [0.05, 0.1) is 5.92 Å². The lowest BCUT2D eigenvalue weighted by atomic mass is 10.0. The average Bonchev–Trinajstić information content (AvgIpc) is 2.56. The molecule has 0 aromatic carbocycles. The number of likely N-dealkylation sites (tertiary alicyclic amines) is 1. The molecule has 1 fully saturated rings. The molecule has 2 unspecified atom stereocenters. The van der Waals surface area contributed by atoms with E-state index in [0.29, 0.717) is 25.9 Å². The molecule has 1 aliphatic heterocycles. The molecule has 5 heteroatoms. The van der Waals surface area contributed by atoms with E-state index < -0.39 is 11.9 Å². The first-order chi connectivity index (χ1) is 7.07. The molecule has 1 heterocycles. The maximum Gasteiger partial charge on any atom is 0.308 e. The lowest BCUT2D eigenvalue weighted by molar-refractivity contribution is -0.143. The number of hydrogen-bond donors (Lipinski definition) is 2. The van der Waals surface area contributed by atoms with Crippen LogP contribution in [0.4, 0.5) is 0 Å². The van der Waals surface area contributed by atoms with Crippen molar-refractivity contribution < 1.29 is 14.7 Å². The minimum atomic E-state index is -0.800. The van der Waals surface area contributed by atoms with Crippen molar-refractivity contribution in [1.82, 2.24) is 10.2 Å². The van der Waals surface area contributed by atoms with Gasteiger partial charge in [0.15, 0.2) is 0 Å². The van der Waals surface area contributed by atoms with E-state index in [1.807, 2.05) is 6.92 Å². The summed E-state index contributed by atoms with van der Waals surface area (Å²) in [7, 11) is 1.79. The molecule has 0 aliphatic carbocycles. The van der Waals surface area contributed by atoms with Gasteiger partial charge in [-0.2, -0.15) is 0 Å². The Morgan fingerprint density at radius 2 is 2.20 bits per heavy atom. The van der Waals surface area contributed by atoms with Crippen molar-refractivity contribution in [3.8, 4) is 0 Å². The van der Waals surface area contributed by atoms with Crippen molar-refractivity contribution in [2.75, 3.05) is 20.1 Å². The Balaban J connectivity index is 2.51. The highest BCUT2D eigenvalue weighted by atomic mass is 16.4. The third-order valence-corrected chi connectivity index (χ3v) is 2.98. The summed E-state index contributed by atoms with van der Waals surface area (Å²) >= 11 is 0. The molecule has 1 aliphatic rings. The summed E-state index contributed by atoms with van der Waals surface area (Å²) in [6.07, 6.45) is 1.01. The predicted molar refractivity (Wildman–Crippen MR) is 55.5 cm³/mol. The number of carbonyl (C=O) groups is 2. The van der Waals surface area contributed by atoms with E-state index in [9.17, 15) is 9.59 Å². The van der Waals surface area contributed by atoms with E-state index in [0.717, 1.165) is 0 Å². The standard InChI is InChI=1S/C10H18N2O3/c1-7-8(10(14)15)4-6-12(7)9(13)3-5-11-2/h7-8,11H,3-6H2,1-2H3,(H,14,15). The number of nitrogens with one attached hydrogen (secondary N) is 1. The van der Waals surface area contributed by atoms with E-state index in [1.54, 1.807) is 11.9 Å². The molecule has 0 spiro atoms. The number of hydrogen-bond acceptors (Lipinski definition) is 3. The Labute approximate surface area is 89.4 Å². The van der Waals surface area contributed by atoms with Crippen molar-refractivity contribution in [2.24, 2.45) is 5.92 Å². The molecule has 86 valence electrons. The molecule has 0 saturated carbocycles. The number of carboxylic acid groups (broad SMARTS) is 1. The number of nitrogens with zero attached hydrogens (tertiary/aromatic N) is 1. The molecule has 2 N–H and O–H groups in total. The van der Waals surface area contributed by atoms with Crippen LogP contribution in [0.15, 0.2) is 0 Å². The molecule has 0 aromatic heterocycles. The molecule has 0 aromatic rings. The van der Waals surface area contributed by atoms with Crippen LogP contribution < -0.4 is 5.32 Å². The SMILES string of the molecule is CNCCC(=O)N1CCC(C(=O)O)C1C. The molecule has 0 bridgehead atoms. The van der Waals surface area contributed by atoms with E-state index >= 15 is 0 Å². The van der Waals surface area contributed by atoms with Crippen molar-refractivity contribution in [2.45, 2.75) is 25.8 Å². The second kappa shape index (κ2) is 5.11. The fourth-order valence-electron chi connectivity index (χ4n) is 2.00. The molecule has 5 nitrogen and oxygen atoms in total. The Bertz CT molecular complexity index is 255. The molecule has 1 saturated heterocycles. The number of amides is 1. The molecule has 1 amide bonds. The van der Waals surface area contributed by atoms with Crippen LogP contribution in [0.1, 0.15) is 19.8 Å². The monoisotopic (exact) mass is 214 g/mol. The first-order valence-electron chi connectivity index (χ1n) is 5.24. The molecule has 0 radical (unpaired) electrons. The summed E-state index contributed by atoms with van der Waals surface area (Å²) in [4.78, 5) is 24.2. The predicted octanol–water partition coefficient (Wildman–Crippen LogP) is -0.0825. The number of carbonyl (C=O) groups excluding carboxylic acids is 1. The van der Waals surface area contributed by atoms with Crippen LogP contribution in [-0.2, 0) is 9.59 Å². The van der Waals surface area contributed by atoms with Crippen molar-refractivity contribution in [3.63, 3.8) is 0 Å². The van der Waals surface area contributed by atoms with Gasteiger partial charge in [0.1, 0.15) is 0 Å². The van der Waals surface area contributed by atoms with Crippen molar-refractivity contribution >= 4 is 11.9 Å². The normalized spacial score (nSPS) is 25.6. The molecule has 15 heavy (non-hydrogen) atoms. The Morgan fingerprint density at radius 1 is 1.53 bits per heavy atom. The summed E-state index contributed by atoms with van der Waals surface area (Å²) in [6, 6.07) is -0.174. The number of rotatable bonds is 4. The Kier molecular flexibility index (Phi) is 4.08. The van der Waals surface area contributed by atoms with Gasteiger partial charge in [-0.1, -0.05) is 0 Å². The van der Waals surface area contributed by atoms with Crippen LogP contribution in [0.25, 0.3) is 0 Å². The highest BCUT2D eigenvalue weighted by Crippen LogP contribution is 2.24. The van der Waals surface area contributed by atoms with Crippen LogP contribution in [0.2, 0.25) is 0 Å². The van der Waals surface area contributed by atoms with Crippen LogP contribution in [0.3, 0.4) is 0 Å². The summed E-state index contributed by atoms with van der Waals surface area (Å²) in [6.45, 7) is 3.02. The zero-order chi connectivity index (χ0) is 11.4. The molecular weight excluding hydrogens is 196 g/mol. The second-order valence-electron chi connectivity index (χ2n) is 3.91. The molecule has 1 rings (SSSR count). The highest BCUT2D eigenvalue weighted by Gasteiger charge is 2.37. The smallest absolute Gasteiger partial charge is 0.308 e. The zero-order valence-corrected chi connectivity index (χ0v) is 9.19. The maximum absolute atomic E-state index is 11.7. The summed E-state index contributed by atoms with van der Waals surface area (Å²) in [5.41, 5.74) is 0. The van der Waals surface area contributed by atoms with Gasteiger partial charge in [-0.3, -0.25) is 9.59 Å². The zero-order valence-electron chi connectivity index (χ0n) is 9.19. The molecule has 2 atom stereocenters. The third kappa shape index (κ3) is 2.68. The highest BCUT2D eigenvalue weighted by molar-refractivity contribution is 5.79. The van der Waals surface area contributed by atoms with Gasteiger partial charge in [0, 0.05) is 25.6 Å². The summed E-state index contributed by atoms with van der Waals surface area (Å²) < 4.78 is 0. The quantitative estimate of drug-likeness (QED) is 0.686. The third-order valence-electron chi connectivity index (χ3n) is 2.98. The fraction of sp³-hybridized carbons (Fsp3) is 0.800. The van der Waals surface area contributed by atoms with E-state index in [4.69, 9.17) is 5.11 Å². The van der Waals surface area contributed by atoms with Crippen LogP contribution in [0.5, 0.6) is 0 Å². The molecular formula is C10H18N2O3. The lowest BCUT2D eigenvalue weighted by Crippen LogP contribution is -2.38. The minimum Gasteiger partial charge on any atom is -0.481 e. The van der Waals surface area contributed by atoms with Gasteiger partial charge in [-0.05, 0) is 20.4 Å². The van der Waals surface area contributed by atoms with Gasteiger partial charge in [0.25, 0.3) is 0 Å². The summed E-state index contributed by atoms with van der Waals surface area (Å²) in [5.74, 6) is -1.16. The largest absolute Gasteiger partial charge is 0.481 e. The Hall–Kier alpha value is -1.10. The first kappa shape index (κ1) is 12.0. The second-order valence-corrected chi connectivity index (χ2v) is 3.91. The topological polar surface area (TPSA) is 69.6 Å². The van der Waals surface area contributed by atoms with Gasteiger partial charge in [-0.15, -0.1) is 0 Å². The van der Waals surface area contributed by atoms with E-state index in [-0.39, 0.29) is 11.9 Å². The Morgan fingerprint density at radius 3 is 2.67 bits per heavy atom. The lowest BCUT2D eigenvalue weighted by Gasteiger charge is -2.23. The van der Waals surface area contributed by atoms with E-state index in [2.05, 4.69) is 5.32 Å². The van der Waals surface area contributed by atoms with Crippen LogP contribution >= 0.6 is 0 Å². The van der Waals surface area contributed by atoms with Crippen LogP contribution in [0, 0.1) is 5.92 Å². The van der Waals surface area contributed by atoms with Gasteiger partial charge in [-0.25, -0.2) is 0 Å². The maximum atomic E-state index is 11.7. The number of aliphatic carboxylic acids is 1. The minimum absolute atomic E-state index is 0.0422. The first-order valence-corrected chi connectivity index (χ1v) is 5.24. The van der Waals surface area contributed by atoms with Crippen LogP contribution in [-0.4, -0.2) is 48.1 Å². The van der Waals surface area contributed by atoms with E-state index in [1.165, 1.54) is 0 Å². The van der Waals surface area contributed by atoms with Gasteiger partial charge >= 0.3 is 5.97 Å². The van der Waals surface area contributed by atoms with Crippen molar-refractivity contribution in [3.05, 3.63) is 0 Å². The summed E-state index contributed by atoms with van der Waals surface area (Å²) in [5, 5.41) is 11.8. The van der Waals surface area contributed by atoms with Gasteiger partial charge in [0.2, 0.25) is 5.91 Å². The fourth-order valence-corrected chi connectivity index (χ4v) is 2.00. The number of carboxylic acids is 1. The van der Waals surface area contributed by atoms with Gasteiger partial charge < -0.3 is 15.3 Å². The van der Waals surface area contributed by atoms with Crippen molar-refractivity contribution in [1.29, 1.82) is 0 Å².